The molecule has 0 spiro atoms. The Labute approximate surface area is 155 Å². The molecule has 0 atom stereocenters. The number of nitrogens with zero attached hydrogens (tertiary/aromatic N) is 4. The van der Waals surface area contributed by atoms with Gasteiger partial charge in [0, 0.05) is 12.3 Å². The third-order valence-corrected chi connectivity index (χ3v) is 3.98. The second-order valence-corrected chi connectivity index (χ2v) is 6.09. The van der Waals surface area contributed by atoms with Gasteiger partial charge in [-0.05, 0) is 42.3 Å². The van der Waals surface area contributed by atoms with Crippen LogP contribution >= 0.6 is 0 Å². The number of halogens is 3. The molecule has 0 saturated heterocycles. The zero-order valence-corrected chi connectivity index (χ0v) is 14.5. The van der Waals surface area contributed by atoms with Gasteiger partial charge in [-0.1, -0.05) is 17.3 Å². The maximum Gasteiger partial charge on any atom is 0.573 e. The number of aryl methyl sites for hydroxylation is 1. The van der Waals surface area contributed by atoms with Crippen LogP contribution in [0.3, 0.4) is 0 Å². The van der Waals surface area contributed by atoms with Crippen molar-refractivity contribution in [1.82, 2.24) is 19.3 Å². The molecule has 28 heavy (non-hydrogen) atoms. The van der Waals surface area contributed by atoms with Crippen molar-refractivity contribution in [3.63, 3.8) is 0 Å². The molecular formula is C18H13F3N4O3. The summed E-state index contributed by atoms with van der Waals surface area (Å²) in [5.41, 5.74) is 2.03. The van der Waals surface area contributed by atoms with E-state index in [2.05, 4.69) is 15.0 Å². The number of aromatic nitrogens is 4. The molecule has 0 N–H and O–H groups in total. The predicted octanol–water partition coefficient (Wildman–Crippen LogP) is 3.41. The summed E-state index contributed by atoms with van der Waals surface area (Å²) < 4.78 is 48.4. The Balaban J connectivity index is 1.64. The van der Waals surface area contributed by atoms with Crippen LogP contribution in [-0.4, -0.2) is 25.7 Å². The monoisotopic (exact) mass is 390 g/mol. The van der Waals surface area contributed by atoms with Crippen molar-refractivity contribution < 1.29 is 22.4 Å². The molecule has 4 rings (SSSR count). The molecule has 0 aliphatic heterocycles. The Morgan fingerprint density at radius 3 is 2.46 bits per heavy atom. The number of fused-ring (bicyclic) bond motifs is 1. The molecule has 10 heteroatoms. The van der Waals surface area contributed by atoms with Gasteiger partial charge in [-0.25, -0.2) is 13.9 Å². The maximum absolute atomic E-state index is 12.6. The Bertz CT molecular complexity index is 1190. The van der Waals surface area contributed by atoms with Gasteiger partial charge in [-0.3, -0.25) is 0 Å². The Hall–Kier alpha value is -3.56. The Kier molecular flexibility index (Phi) is 4.17. The van der Waals surface area contributed by atoms with E-state index in [-0.39, 0.29) is 18.0 Å². The molecule has 1 aromatic carbocycles. The van der Waals surface area contributed by atoms with Crippen molar-refractivity contribution in [3.05, 3.63) is 70.6 Å². The highest BCUT2D eigenvalue weighted by Gasteiger charge is 2.30. The lowest BCUT2D eigenvalue weighted by molar-refractivity contribution is -0.274. The average molecular weight is 390 g/mol. The van der Waals surface area contributed by atoms with Gasteiger partial charge in [0.25, 0.3) is 0 Å². The fraction of sp³-hybridized carbons (Fsp3) is 0.167. The fourth-order valence-electron chi connectivity index (χ4n) is 2.78. The lowest BCUT2D eigenvalue weighted by Crippen LogP contribution is -2.21. The van der Waals surface area contributed by atoms with E-state index in [0.717, 1.165) is 0 Å². The molecular weight excluding hydrogens is 377 g/mol. The minimum Gasteiger partial charge on any atom is -0.406 e. The molecule has 0 saturated carbocycles. The third kappa shape index (κ3) is 3.61. The number of ether oxygens (including phenoxy) is 1. The van der Waals surface area contributed by atoms with E-state index < -0.39 is 6.36 Å². The summed E-state index contributed by atoms with van der Waals surface area (Å²) in [4.78, 5) is 12.6. The second-order valence-electron chi connectivity index (χ2n) is 6.09. The molecule has 0 radical (unpaired) electrons. The quantitative estimate of drug-likeness (QED) is 0.534. The highest BCUT2D eigenvalue weighted by atomic mass is 19.4. The van der Waals surface area contributed by atoms with E-state index in [4.69, 9.17) is 4.52 Å². The van der Waals surface area contributed by atoms with E-state index in [1.54, 1.807) is 31.3 Å². The molecule has 7 nitrogen and oxygen atoms in total. The smallest absolute Gasteiger partial charge is 0.406 e. The minimum atomic E-state index is -4.75. The summed E-state index contributed by atoms with van der Waals surface area (Å²) in [7, 11) is 0. The van der Waals surface area contributed by atoms with E-state index >= 15 is 0 Å². The van der Waals surface area contributed by atoms with Gasteiger partial charge in [0.05, 0.1) is 5.69 Å². The first kappa shape index (κ1) is 17.8. The van der Waals surface area contributed by atoms with E-state index in [9.17, 15) is 18.0 Å². The number of hydrogen-bond donors (Lipinski definition) is 0. The van der Waals surface area contributed by atoms with Crippen molar-refractivity contribution >= 4 is 5.65 Å². The fourth-order valence-corrected chi connectivity index (χ4v) is 2.78. The number of alkyl halides is 3. The number of hydrogen-bond acceptors (Lipinski definition) is 5. The van der Waals surface area contributed by atoms with Crippen LogP contribution in [0.25, 0.3) is 16.8 Å². The SMILES string of the molecule is Cc1cc(Cn2nc3ccc(-c4ccc(OC(F)(F)F)cc4)cn3c2=O)on1. The van der Waals surface area contributed by atoms with Crippen molar-refractivity contribution in [1.29, 1.82) is 0 Å². The lowest BCUT2D eigenvalue weighted by Gasteiger charge is -2.09. The van der Waals surface area contributed by atoms with Crippen LogP contribution in [0.4, 0.5) is 13.2 Å². The Morgan fingerprint density at radius 1 is 1.11 bits per heavy atom. The first-order valence-corrected chi connectivity index (χ1v) is 8.16. The van der Waals surface area contributed by atoms with Crippen LogP contribution in [0.2, 0.25) is 0 Å². The number of benzene rings is 1. The molecule has 144 valence electrons. The van der Waals surface area contributed by atoms with Crippen LogP contribution in [0, 0.1) is 6.92 Å². The summed E-state index contributed by atoms with van der Waals surface area (Å²) >= 11 is 0. The van der Waals surface area contributed by atoms with Crippen LogP contribution in [0.5, 0.6) is 5.75 Å². The van der Waals surface area contributed by atoms with Crippen molar-refractivity contribution in [2.24, 2.45) is 0 Å². The van der Waals surface area contributed by atoms with Gasteiger partial charge >= 0.3 is 12.1 Å². The molecule has 0 fully saturated rings. The van der Waals surface area contributed by atoms with Gasteiger partial charge in [-0.2, -0.15) is 0 Å². The molecule has 0 bridgehead atoms. The Morgan fingerprint density at radius 2 is 1.82 bits per heavy atom. The highest BCUT2D eigenvalue weighted by Crippen LogP contribution is 2.26. The normalized spacial score (nSPS) is 11.9. The summed E-state index contributed by atoms with van der Waals surface area (Å²) in [6, 6.07) is 10.5. The second kappa shape index (κ2) is 6.55. The van der Waals surface area contributed by atoms with Crippen molar-refractivity contribution in [3.8, 4) is 16.9 Å². The summed E-state index contributed by atoms with van der Waals surface area (Å²) in [5.74, 6) is 0.188. The van der Waals surface area contributed by atoms with Gasteiger partial charge < -0.3 is 9.26 Å². The number of rotatable bonds is 4. The lowest BCUT2D eigenvalue weighted by atomic mass is 10.1. The van der Waals surface area contributed by atoms with Crippen LogP contribution in [0.1, 0.15) is 11.5 Å². The zero-order chi connectivity index (χ0) is 19.9. The molecule has 0 aliphatic carbocycles. The van der Waals surface area contributed by atoms with Gasteiger partial charge in [0.15, 0.2) is 11.4 Å². The van der Waals surface area contributed by atoms with E-state index in [1.807, 2.05) is 0 Å². The largest absolute Gasteiger partial charge is 0.573 e. The molecule has 3 heterocycles. The zero-order valence-electron chi connectivity index (χ0n) is 14.5. The van der Waals surface area contributed by atoms with E-state index in [0.29, 0.717) is 28.2 Å². The van der Waals surface area contributed by atoms with Crippen molar-refractivity contribution in [2.45, 2.75) is 19.8 Å². The summed E-state index contributed by atoms with van der Waals surface area (Å²) in [6.07, 6.45) is -3.17. The van der Waals surface area contributed by atoms with Crippen LogP contribution in [-0.2, 0) is 6.54 Å². The average Bonchev–Trinajstić information content (AvgIpc) is 3.18. The van der Waals surface area contributed by atoms with Crippen LogP contribution < -0.4 is 10.4 Å². The standard InChI is InChI=1S/C18H13F3N4O3/c1-11-8-15(28-23-11)10-25-17(26)24-9-13(4-7-16(24)22-25)12-2-5-14(6-3-12)27-18(19,20)21/h2-9H,10H2,1H3. The molecule has 0 aliphatic rings. The van der Waals surface area contributed by atoms with Gasteiger partial charge in [-0.15, -0.1) is 18.3 Å². The van der Waals surface area contributed by atoms with Gasteiger partial charge in [0.2, 0.25) is 0 Å². The first-order valence-electron chi connectivity index (χ1n) is 8.16. The molecule has 3 aromatic heterocycles. The van der Waals surface area contributed by atoms with Crippen LogP contribution in [0.15, 0.2) is 58.0 Å². The van der Waals surface area contributed by atoms with Gasteiger partial charge in [0.1, 0.15) is 12.3 Å². The summed E-state index contributed by atoms with van der Waals surface area (Å²) in [6.45, 7) is 1.91. The molecule has 0 unspecified atom stereocenters. The number of pyridine rings is 1. The minimum absolute atomic E-state index is 0.139. The third-order valence-electron chi connectivity index (χ3n) is 3.98. The maximum atomic E-state index is 12.6. The highest BCUT2D eigenvalue weighted by molar-refractivity contribution is 5.65. The van der Waals surface area contributed by atoms with Crippen molar-refractivity contribution in [2.75, 3.05) is 0 Å². The predicted molar refractivity (Wildman–Crippen MR) is 91.9 cm³/mol. The summed E-state index contributed by atoms with van der Waals surface area (Å²) in [5, 5.41) is 8.01. The first-order chi connectivity index (χ1) is 13.3. The molecule has 0 amide bonds. The molecule has 4 aromatic rings. The topological polar surface area (TPSA) is 74.6 Å². The van der Waals surface area contributed by atoms with E-state index in [1.165, 1.54) is 33.3 Å².